The summed E-state index contributed by atoms with van der Waals surface area (Å²) in [5.41, 5.74) is -0.271. The summed E-state index contributed by atoms with van der Waals surface area (Å²) in [4.78, 5) is 32.7. The van der Waals surface area contributed by atoms with Crippen molar-refractivity contribution in [2.24, 2.45) is 0 Å². The Morgan fingerprint density at radius 2 is 2.04 bits per heavy atom. The van der Waals surface area contributed by atoms with E-state index >= 15 is 0 Å². The van der Waals surface area contributed by atoms with Crippen molar-refractivity contribution in [1.29, 1.82) is 5.26 Å². The molecule has 0 radical (unpaired) electrons. The molecule has 26 heavy (non-hydrogen) atoms. The van der Waals surface area contributed by atoms with Gasteiger partial charge in [0.15, 0.2) is 0 Å². The minimum atomic E-state index is -0.579. The van der Waals surface area contributed by atoms with Crippen LogP contribution in [-0.2, 0) is 19.5 Å². The van der Waals surface area contributed by atoms with Crippen LogP contribution in [0.2, 0.25) is 0 Å². The Hall–Kier alpha value is -3.54. The second-order valence-electron chi connectivity index (χ2n) is 5.53. The van der Waals surface area contributed by atoms with E-state index in [-0.39, 0.29) is 12.1 Å². The van der Waals surface area contributed by atoms with Crippen molar-refractivity contribution in [2.45, 2.75) is 32.9 Å². The van der Waals surface area contributed by atoms with Gasteiger partial charge >= 0.3 is 5.69 Å². The minimum Gasteiger partial charge on any atom is -0.339 e. The van der Waals surface area contributed by atoms with Gasteiger partial charge in [-0.1, -0.05) is 5.16 Å². The summed E-state index contributed by atoms with van der Waals surface area (Å²) in [5, 5.41) is 13.0. The van der Waals surface area contributed by atoms with Gasteiger partial charge in [-0.05, 0) is 25.5 Å². The topological polar surface area (TPSA) is 120 Å². The maximum atomic E-state index is 12.3. The molecule has 0 aromatic carbocycles. The van der Waals surface area contributed by atoms with Gasteiger partial charge in [-0.15, -0.1) is 0 Å². The third kappa shape index (κ3) is 3.44. The van der Waals surface area contributed by atoms with E-state index in [1.165, 1.54) is 10.8 Å². The monoisotopic (exact) mass is 352 g/mol. The van der Waals surface area contributed by atoms with E-state index in [9.17, 15) is 9.59 Å². The van der Waals surface area contributed by atoms with Crippen LogP contribution in [0, 0.1) is 11.3 Å². The molecule has 0 fully saturated rings. The average Bonchev–Trinajstić information content (AvgIpc) is 3.14. The second-order valence-corrected chi connectivity index (χ2v) is 5.53. The third-order valence-electron chi connectivity index (χ3n) is 3.88. The maximum Gasteiger partial charge on any atom is 0.331 e. The molecular weight excluding hydrogens is 336 g/mol. The van der Waals surface area contributed by atoms with E-state index in [0.717, 1.165) is 10.1 Å². The molecule has 0 amide bonds. The fraction of sp³-hybridized carbons (Fsp3) is 0.294. The zero-order valence-electron chi connectivity index (χ0n) is 14.1. The molecule has 0 saturated heterocycles. The molecule has 0 unspecified atom stereocenters. The van der Waals surface area contributed by atoms with Crippen LogP contribution in [0.4, 0.5) is 0 Å². The summed E-state index contributed by atoms with van der Waals surface area (Å²) in [7, 11) is 0. The molecule has 0 atom stereocenters. The van der Waals surface area contributed by atoms with Gasteiger partial charge in [-0.3, -0.25) is 18.9 Å². The molecule has 3 aromatic rings. The smallest absolute Gasteiger partial charge is 0.331 e. The molecule has 0 N–H and O–H groups in total. The van der Waals surface area contributed by atoms with Crippen LogP contribution >= 0.6 is 0 Å². The standard InChI is InChI=1S/C17H16N6O3/c1-2-22-11-13(10-18)16(24)23(17(22)25)9-3-4-14-20-15(21-26-14)12-5-7-19-8-6-12/h5-8,11H,2-4,9H2,1H3. The maximum absolute atomic E-state index is 12.3. The Morgan fingerprint density at radius 1 is 1.27 bits per heavy atom. The lowest BCUT2D eigenvalue weighted by atomic mass is 10.2. The first-order chi connectivity index (χ1) is 12.6. The summed E-state index contributed by atoms with van der Waals surface area (Å²) < 4.78 is 7.62. The lowest BCUT2D eigenvalue weighted by Crippen LogP contribution is -2.40. The van der Waals surface area contributed by atoms with Crippen LogP contribution in [0.1, 0.15) is 24.8 Å². The molecule has 3 rings (SSSR count). The average molecular weight is 352 g/mol. The van der Waals surface area contributed by atoms with Crippen molar-refractivity contribution >= 4 is 0 Å². The van der Waals surface area contributed by atoms with Crippen molar-refractivity contribution in [3.63, 3.8) is 0 Å². The predicted octanol–water partition coefficient (Wildman–Crippen LogP) is 0.979. The molecule has 0 bridgehead atoms. The van der Waals surface area contributed by atoms with Gasteiger partial charge in [0.05, 0.1) is 0 Å². The quantitative estimate of drug-likeness (QED) is 0.648. The van der Waals surface area contributed by atoms with E-state index < -0.39 is 11.2 Å². The van der Waals surface area contributed by atoms with E-state index in [1.54, 1.807) is 31.5 Å². The normalized spacial score (nSPS) is 10.6. The van der Waals surface area contributed by atoms with Crippen molar-refractivity contribution in [1.82, 2.24) is 24.3 Å². The highest BCUT2D eigenvalue weighted by molar-refractivity contribution is 5.52. The number of aromatic nitrogens is 5. The Kier molecular flexibility index (Phi) is 5.03. The molecule has 3 heterocycles. The number of nitrogens with zero attached hydrogens (tertiary/aromatic N) is 6. The molecule has 0 spiro atoms. The van der Waals surface area contributed by atoms with Crippen LogP contribution in [0.5, 0.6) is 0 Å². The highest BCUT2D eigenvalue weighted by Gasteiger charge is 2.12. The minimum absolute atomic E-state index is 0.0517. The largest absolute Gasteiger partial charge is 0.339 e. The van der Waals surface area contributed by atoms with Crippen molar-refractivity contribution in [3.05, 3.63) is 63.0 Å². The van der Waals surface area contributed by atoms with Gasteiger partial charge in [-0.2, -0.15) is 10.2 Å². The summed E-state index contributed by atoms with van der Waals surface area (Å²) >= 11 is 0. The molecule has 9 heteroatoms. The van der Waals surface area contributed by atoms with Gasteiger partial charge in [-0.25, -0.2) is 4.79 Å². The van der Waals surface area contributed by atoms with Crippen LogP contribution in [-0.4, -0.2) is 24.3 Å². The number of pyridine rings is 1. The first kappa shape index (κ1) is 17.3. The van der Waals surface area contributed by atoms with Crippen LogP contribution in [0.25, 0.3) is 11.4 Å². The van der Waals surface area contributed by atoms with E-state index in [4.69, 9.17) is 9.78 Å². The van der Waals surface area contributed by atoms with Crippen LogP contribution in [0.3, 0.4) is 0 Å². The lowest BCUT2D eigenvalue weighted by Gasteiger charge is -2.08. The van der Waals surface area contributed by atoms with Gasteiger partial charge < -0.3 is 4.52 Å². The highest BCUT2D eigenvalue weighted by atomic mass is 16.5. The fourth-order valence-corrected chi connectivity index (χ4v) is 2.52. The Morgan fingerprint density at radius 3 is 2.73 bits per heavy atom. The Balaban J connectivity index is 1.73. The van der Waals surface area contributed by atoms with Crippen LogP contribution < -0.4 is 11.2 Å². The Bertz CT molecular complexity index is 1060. The fourth-order valence-electron chi connectivity index (χ4n) is 2.52. The van der Waals surface area contributed by atoms with Crippen molar-refractivity contribution in [2.75, 3.05) is 0 Å². The number of hydrogen-bond donors (Lipinski definition) is 0. The van der Waals surface area contributed by atoms with Gasteiger partial charge in [0.1, 0.15) is 11.6 Å². The molecule has 0 aliphatic heterocycles. The molecule has 0 aliphatic carbocycles. The first-order valence-electron chi connectivity index (χ1n) is 8.11. The molecule has 9 nitrogen and oxygen atoms in total. The Labute approximate surface area is 148 Å². The van der Waals surface area contributed by atoms with Crippen molar-refractivity contribution < 1.29 is 4.52 Å². The third-order valence-corrected chi connectivity index (χ3v) is 3.88. The first-order valence-corrected chi connectivity index (χ1v) is 8.11. The number of aryl methyl sites for hydroxylation is 2. The summed E-state index contributed by atoms with van der Waals surface area (Å²) in [6.07, 6.45) is 5.43. The lowest BCUT2D eigenvalue weighted by molar-refractivity contribution is 0.371. The predicted molar refractivity (Wildman–Crippen MR) is 91.2 cm³/mol. The van der Waals surface area contributed by atoms with Gasteiger partial charge in [0.2, 0.25) is 11.7 Å². The molecule has 132 valence electrons. The highest BCUT2D eigenvalue weighted by Crippen LogP contribution is 2.14. The number of rotatable bonds is 6. The van der Waals surface area contributed by atoms with E-state index in [0.29, 0.717) is 31.1 Å². The summed E-state index contributed by atoms with van der Waals surface area (Å²) in [6, 6.07) is 5.37. The van der Waals surface area contributed by atoms with E-state index in [2.05, 4.69) is 15.1 Å². The molecule has 0 aliphatic rings. The molecular formula is C17H16N6O3. The summed E-state index contributed by atoms with van der Waals surface area (Å²) in [5.74, 6) is 0.872. The van der Waals surface area contributed by atoms with Gasteiger partial charge in [0.25, 0.3) is 5.56 Å². The van der Waals surface area contributed by atoms with Crippen molar-refractivity contribution in [3.8, 4) is 17.5 Å². The van der Waals surface area contributed by atoms with E-state index in [1.807, 2.05) is 6.07 Å². The number of nitriles is 1. The zero-order valence-corrected chi connectivity index (χ0v) is 14.1. The summed E-state index contributed by atoms with van der Waals surface area (Å²) in [6.45, 7) is 2.32. The molecule has 0 saturated carbocycles. The second kappa shape index (κ2) is 7.57. The number of hydrogen-bond acceptors (Lipinski definition) is 7. The van der Waals surface area contributed by atoms with Crippen LogP contribution in [0.15, 0.2) is 44.8 Å². The molecule has 3 aromatic heterocycles. The zero-order chi connectivity index (χ0) is 18.5. The van der Waals surface area contributed by atoms with Gasteiger partial charge in [0, 0.05) is 43.7 Å². The SMILES string of the molecule is CCn1cc(C#N)c(=O)n(CCCc2nc(-c3ccncc3)no2)c1=O.